The molecule has 0 atom stereocenters. The number of nitrogens with one attached hydrogen (secondary N) is 1. The van der Waals surface area contributed by atoms with E-state index in [-0.39, 0.29) is 6.07 Å². The molecule has 0 unspecified atom stereocenters. The van der Waals surface area contributed by atoms with Crippen molar-refractivity contribution in [2.75, 3.05) is 20.1 Å². The number of halogens is 6. The molecule has 2 aromatic rings. The molecule has 0 saturated carbocycles. The predicted octanol–water partition coefficient (Wildman–Crippen LogP) is 3.24. The molecule has 32 heavy (non-hydrogen) atoms. The number of hydrazine groups is 1. The van der Waals surface area contributed by atoms with E-state index in [1.54, 1.807) is 7.05 Å². The largest absolute Gasteiger partial charge is 0.416 e. The fourth-order valence-corrected chi connectivity index (χ4v) is 2.84. The summed E-state index contributed by atoms with van der Waals surface area (Å²) in [6.45, 7) is 0.863. The summed E-state index contributed by atoms with van der Waals surface area (Å²) in [5.41, 5.74) is -1.13. The minimum absolute atomic E-state index is 0.00402. The van der Waals surface area contributed by atoms with Crippen molar-refractivity contribution in [1.82, 2.24) is 30.1 Å². The van der Waals surface area contributed by atoms with Crippen LogP contribution in [0, 0.1) is 0 Å². The molecule has 1 aromatic heterocycles. The third-order valence-electron chi connectivity index (χ3n) is 4.41. The van der Waals surface area contributed by atoms with Gasteiger partial charge in [-0.05, 0) is 24.6 Å². The van der Waals surface area contributed by atoms with Gasteiger partial charge in [-0.25, -0.2) is 19.5 Å². The number of carbonyl (C=O) groups is 2. The van der Waals surface area contributed by atoms with Crippen LogP contribution in [-0.2, 0) is 17.1 Å². The number of amides is 3. The fraction of sp³-hybridized carbons (Fsp3) is 0.333. The van der Waals surface area contributed by atoms with Crippen molar-refractivity contribution in [2.24, 2.45) is 0 Å². The van der Waals surface area contributed by atoms with E-state index in [1.165, 1.54) is 4.90 Å². The van der Waals surface area contributed by atoms with Gasteiger partial charge in [0.15, 0.2) is 5.82 Å². The molecule has 0 aliphatic carbocycles. The van der Waals surface area contributed by atoms with Crippen molar-refractivity contribution in [3.63, 3.8) is 0 Å². The summed E-state index contributed by atoms with van der Waals surface area (Å²) in [7, 11) is 1.57. The summed E-state index contributed by atoms with van der Waals surface area (Å²) in [5, 5.41) is 4.90. The van der Waals surface area contributed by atoms with E-state index in [9.17, 15) is 35.9 Å². The fourth-order valence-electron chi connectivity index (χ4n) is 2.84. The first-order valence-electron chi connectivity index (χ1n) is 9.07. The standard InChI is InChI=1S/C18H16F6N6O2/c1-28-4-2-5-30(16(28)32)26-14(31)3-6-29-10-25-15(27-29)11-7-12(17(19,20)21)9-13(8-11)18(22,23)24/h3,6-10H,2,4-5H2,1H3,(H,26,31)/b6-3-. The molecule has 1 N–H and O–H groups in total. The van der Waals surface area contributed by atoms with E-state index < -0.39 is 46.8 Å². The number of hydrogen-bond donors (Lipinski definition) is 1. The second kappa shape index (κ2) is 8.51. The highest BCUT2D eigenvalue weighted by Crippen LogP contribution is 2.38. The van der Waals surface area contributed by atoms with Crippen LogP contribution >= 0.6 is 0 Å². The zero-order valence-corrected chi connectivity index (χ0v) is 16.4. The number of rotatable bonds is 4. The molecule has 1 saturated heterocycles. The Balaban J connectivity index is 1.78. The van der Waals surface area contributed by atoms with Crippen molar-refractivity contribution >= 4 is 18.1 Å². The maximum absolute atomic E-state index is 13.0. The molecule has 172 valence electrons. The minimum Gasteiger partial charge on any atom is -0.326 e. The number of urea groups is 1. The topological polar surface area (TPSA) is 83.4 Å². The van der Waals surface area contributed by atoms with Crippen LogP contribution in [0.15, 0.2) is 30.6 Å². The third kappa shape index (κ3) is 5.36. The molecule has 2 heterocycles. The summed E-state index contributed by atoms with van der Waals surface area (Å²) in [6.07, 6.45) is -6.29. The number of carbonyl (C=O) groups excluding carboxylic acids is 2. The first kappa shape index (κ1) is 23.1. The second-order valence-electron chi connectivity index (χ2n) is 6.84. The summed E-state index contributed by atoms with van der Waals surface area (Å²) in [6, 6.07) is 0.614. The van der Waals surface area contributed by atoms with Crippen molar-refractivity contribution in [3.8, 4) is 11.4 Å². The highest BCUT2D eigenvalue weighted by atomic mass is 19.4. The predicted molar refractivity (Wildman–Crippen MR) is 98.3 cm³/mol. The van der Waals surface area contributed by atoms with Gasteiger partial charge >= 0.3 is 18.4 Å². The van der Waals surface area contributed by atoms with Gasteiger partial charge in [0, 0.05) is 38.0 Å². The Morgan fingerprint density at radius 3 is 2.28 bits per heavy atom. The Bertz CT molecular complexity index is 1010. The molecule has 1 aliphatic heterocycles. The Morgan fingerprint density at radius 2 is 1.69 bits per heavy atom. The molecule has 0 bridgehead atoms. The summed E-state index contributed by atoms with van der Waals surface area (Å²) in [4.78, 5) is 29.0. The van der Waals surface area contributed by atoms with Gasteiger partial charge in [-0.1, -0.05) is 0 Å². The quantitative estimate of drug-likeness (QED) is 0.559. The Labute approximate surface area is 177 Å². The minimum atomic E-state index is -5.00. The van der Waals surface area contributed by atoms with E-state index in [0.717, 1.165) is 28.3 Å². The number of nitrogens with zero attached hydrogens (tertiary/aromatic N) is 5. The van der Waals surface area contributed by atoms with E-state index in [4.69, 9.17) is 0 Å². The zero-order valence-electron chi connectivity index (χ0n) is 16.4. The Morgan fingerprint density at radius 1 is 1.06 bits per heavy atom. The second-order valence-corrected chi connectivity index (χ2v) is 6.84. The summed E-state index contributed by atoms with van der Waals surface area (Å²) < 4.78 is 79.0. The number of alkyl halides is 6. The highest BCUT2D eigenvalue weighted by Gasteiger charge is 2.37. The van der Waals surface area contributed by atoms with E-state index in [0.29, 0.717) is 31.6 Å². The van der Waals surface area contributed by atoms with Gasteiger partial charge in [-0.15, -0.1) is 5.10 Å². The van der Waals surface area contributed by atoms with Crippen LogP contribution < -0.4 is 5.43 Å². The van der Waals surface area contributed by atoms with Crippen LogP contribution in [-0.4, -0.2) is 56.7 Å². The normalized spacial score (nSPS) is 15.5. The van der Waals surface area contributed by atoms with E-state index in [2.05, 4.69) is 15.5 Å². The van der Waals surface area contributed by atoms with Gasteiger partial charge in [0.2, 0.25) is 0 Å². The summed E-state index contributed by atoms with van der Waals surface area (Å²) >= 11 is 0. The lowest BCUT2D eigenvalue weighted by molar-refractivity contribution is -0.143. The van der Waals surface area contributed by atoms with E-state index in [1.807, 2.05) is 0 Å². The average Bonchev–Trinajstić information content (AvgIpc) is 3.17. The molecule has 14 heteroatoms. The molecule has 0 spiro atoms. The van der Waals surface area contributed by atoms with Gasteiger partial charge in [0.25, 0.3) is 5.91 Å². The molecule has 0 radical (unpaired) electrons. The monoisotopic (exact) mass is 462 g/mol. The zero-order chi connectivity index (χ0) is 23.7. The van der Waals surface area contributed by atoms with E-state index >= 15 is 0 Å². The van der Waals surface area contributed by atoms with Crippen molar-refractivity contribution in [1.29, 1.82) is 0 Å². The van der Waals surface area contributed by atoms with Gasteiger partial charge in [-0.3, -0.25) is 10.2 Å². The molecule has 3 amide bonds. The van der Waals surface area contributed by atoms with Crippen LogP contribution in [0.25, 0.3) is 17.6 Å². The first-order valence-corrected chi connectivity index (χ1v) is 9.07. The maximum atomic E-state index is 13.0. The van der Waals surface area contributed by atoms with Crippen molar-refractivity contribution in [3.05, 3.63) is 41.7 Å². The van der Waals surface area contributed by atoms with Gasteiger partial charge in [0.1, 0.15) is 6.33 Å². The SMILES string of the molecule is CN1CCCN(NC(=O)/C=C\n2cnc(-c3cc(C(F)(F)F)cc(C(F)(F)F)c3)n2)C1=O. The van der Waals surface area contributed by atoms with Crippen molar-refractivity contribution in [2.45, 2.75) is 18.8 Å². The Kier molecular flexibility index (Phi) is 6.14. The number of hydrogen-bond acceptors (Lipinski definition) is 4. The van der Waals surface area contributed by atoms with Crippen LogP contribution in [0.5, 0.6) is 0 Å². The lowest BCUT2D eigenvalue weighted by atomic mass is 10.0. The molecular formula is C18H16F6N6O2. The molecule has 1 aromatic carbocycles. The van der Waals surface area contributed by atoms with Gasteiger partial charge in [-0.2, -0.15) is 26.3 Å². The lowest BCUT2D eigenvalue weighted by Gasteiger charge is -2.32. The number of benzene rings is 1. The average molecular weight is 462 g/mol. The third-order valence-corrected chi connectivity index (χ3v) is 4.41. The smallest absolute Gasteiger partial charge is 0.326 e. The van der Waals surface area contributed by atoms with Crippen LogP contribution in [0.2, 0.25) is 0 Å². The molecule has 1 fully saturated rings. The van der Waals surface area contributed by atoms with Crippen LogP contribution in [0.1, 0.15) is 17.5 Å². The molecular weight excluding hydrogens is 446 g/mol. The molecule has 3 rings (SSSR count). The molecule has 1 aliphatic rings. The molecule has 8 nitrogen and oxygen atoms in total. The lowest BCUT2D eigenvalue weighted by Crippen LogP contribution is -2.54. The van der Waals surface area contributed by atoms with Crippen LogP contribution in [0.3, 0.4) is 0 Å². The Hall–Kier alpha value is -3.58. The van der Waals surface area contributed by atoms with Crippen LogP contribution in [0.4, 0.5) is 31.1 Å². The van der Waals surface area contributed by atoms with Crippen molar-refractivity contribution < 1.29 is 35.9 Å². The first-order chi connectivity index (χ1) is 14.8. The maximum Gasteiger partial charge on any atom is 0.416 e. The summed E-state index contributed by atoms with van der Waals surface area (Å²) in [5.74, 6) is -1.09. The van der Waals surface area contributed by atoms with Gasteiger partial charge in [0.05, 0.1) is 11.1 Å². The number of aromatic nitrogens is 3. The van der Waals surface area contributed by atoms with Gasteiger partial charge < -0.3 is 4.90 Å². The highest BCUT2D eigenvalue weighted by molar-refractivity contribution is 5.91.